The van der Waals surface area contributed by atoms with Crippen molar-refractivity contribution in [2.24, 2.45) is 5.10 Å². The van der Waals surface area contributed by atoms with Gasteiger partial charge < -0.3 is 14.2 Å². The Balaban J connectivity index is 1.83. The summed E-state index contributed by atoms with van der Waals surface area (Å²) < 4.78 is 17.9. The second-order valence-corrected chi connectivity index (χ2v) is 10.1. The molecule has 196 valence electrons. The van der Waals surface area contributed by atoms with E-state index in [1.807, 2.05) is 43.3 Å². The van der Waals surface area contributed by atoms with Gasteiger partial charge in [0, 0.05) is 5.56 Å². The quantitative estimate of drug-likeness (QED) is 0.145. The number of esters is 1. The summed E-state index contributed by atoms with van der Waals surface area (Å²) in [5.41, 5.74) is 3.82. The first kappa shape index (κ1) is 27.3. The molecule has 0 radical (unpaired) electrons. The zero-order chi connectivity index (χ0) is 27.4. The summed E-state index contributed by atoms with van der Waals surface area (Å²) >= 11 is 2.12. The van der Waals surface area contributed by atoms with Crippen LogP contribution in [0, 0.1) is 10.5 Å². The highest BCUT2D eigenvalue weighted by molar-refractivity contribution is 14.1. The number of hydrogen-bond donors (Lipinski definition) is 0. The molecule has 0 bridgehead atoms. The summed E-state index contributed by atoms with van der Waals surface area (Å²) in [6.45, 7) is 5.97. The second kappa shape index (κ2) is 11.8. The fourth-order valence-electron chi connectivity index (χ4n) is 4.01. The van der Waals surface area contributed by atoms with E-state index in [1.54, 1.807) is 31.5 Å². The third-order valence-electron chi connectivity index (χ3n) is 6.04. The Morgan fingerprint density at radius 2 is 1.87 bits per heavy atom. The lowest BCUT2D eigenvalue weighted by molar-refractivity contribution is -0.142. The van der Waals surface area contributed by atoms with Crippen molar-refractivity contribution in [2.75, 3.05) is 20.8 Å². The Labute approximate surface area is 234 Å². The van der Waals surface area contributed by atoms with Crippen LogP contribution in [0.25, 0.3) is 22.3 Å². The first-order chi connectivity index (χ1) is 18.2. The van der Waals surface area contributed by atoms with Crippen LogP contribution in [0.3, 0.4) is 0 Å². The van der Waals surface area contributed by atoms with Gasteiger partial charge in [0.2, 0.25) is 0 Å². The largest absolute Gasteiger partial charge is 0.496 e. The minimum atomic E-state index is -0.461. The van der Waals surface area contributed by atoms with Crippen LogP contribution < -0.4 is 15.0 Å². The molecule has 0 aliphatic heterocycles. The standard InChI is InChI=1S/C29H28IN3O5/c1-17(2)21-14-22(18(3)12-26(21)36-4)28-32-24-9-7-6-8-20(24)29(35)33(28)31-15-19-10-11-25(23(30)13-19)38-16-27(34)37-5/h6-15,17H,16H2,1-5H3. The number of fused-ring (bicyclic) bond motifs is 1. The predicted molar refractivity (Wildman–Crippen MR) is 156 cm³/mol. The number of halogens is 1. The number of methoxy groups -OCH3 is 2. The molecule has 4 rings (SSSR count). The zero-order valence-corrected chi connectivity index (χ0v) is 24.0. The molecule has 0 saturated heterocycles. The molecule has 1 aromatic heterocycles. The molecule has 0 spiro atoms. The van der Waals surface area contributed by atoms with Gasteiger partial charge in [-0.25, -0.2) is 9.78 Å². The number of aryl methyl sites for hydroxylation is 1. The lowest BCUT2D eigenvalue weighted by atomic mass is 9.96. The van der Waals surface area contributed by atoms with Crippen LogP contribution in [0.5, 0.6) is 11.5 Å². The van der Waals surface area contributed by atoms with Gasteiger partial charge in [-0.2, -0.15) is 9.78 Å². The number of benzene rings is 3. The van der Waals surface area contributed by atoms with Gasteiger partial charge in [0.1, 0.15) is 11.5 Å². The van der Waals surface area contributed by atoms with Crippen molar-refractivity contribution in [3.05, 3.63) is 85.2 Å². The summed E-state index contributed by atoms with van der Waals surface area (Å²) in [4.78, 5) is 29.9. The maximum Gasteiger partial charge on any atom is 0.343 e. The van der Waals surface area contributed by atoms with Crippen molar-refractivity contribution >= 4 is 45.7 Å². The maximum atomic E-state index is 13.6. The lowest BCUT2D eigenvalue weighted by Crippen LogP contribution is -2.20. The van der Waals surface area contributed by atoms with Crippen LogP contribution in [-0.4, -0.2) is 42.7 Å². The first-order valence-corrected chi connectivity index (χ1v) is 13.1. The second-order valence-electron chi connectivity index (χ2n) is 8.93. The van der Waals surface area contributed by atoms with E-state index < -0.39 is 5.97 Å². The van der Waals surface area contributed by atoms with Gasteiger partial charge >= 0.3 is 5.97 Å². The number of carbonyl (C=O) groups is 1. The van der Waals surface area contributed by atoms with E-state index in [1.165, 1.54) is 11.8 Å². The van der Waals surface area contributed by atoms with E-state index in [2.05, 4.69) is 46.3 Å². The fourth-order valence-corrected chi connectivity index (χ4v) is 4.70. The first-order valence-electron chi connectivity index (χ1n) is 12.0. The average Bonchev–Trinajstić information content (AvgIpc) is 2.91. The predicted octanol–water partition coefficient (Wildman–Crippen LogP) is 5.54. The number of carbonyl (C=O) groups excluding carboxylic acids is 1. The molecule has 38 heavy (non-hydrogen) atoms. The molecule has 0 N–H and O–H groups in total. The van der Waals surface area contributed by atoms with Crippen molar-refractivity contribution in [3.8, 4) is 22.9 Å². The maximum absolute atomic E-state index is 13.6. The third kappa shape index (κ3) is 5.72. The van der Waals surface area contributed by atoms with Crippen LogP contribution >= 0.6 is 22.6 Å². The van der Waals surface area contributed by atoms with Crippen molar-refractivity contribution in [3.63, 3.8) is 0 Å². The third-order valence-corrected chi connectivity index (χ3v) is 6.89. The highest BCUT2D eigenvalue weighted by Gasteiger charge is 2.18. The molecular formula is C29H28IN3O5. The Hall–Kier alpha value is -3.73. The summed E-state index contributed by atoms with van der Waals surface area (Å²) in [5.74, 6) is 1.53. The van der Waals surface area contributed by atoms with Gasteiger partial charge in [0.25, 0.3) is 5.56 Å². The molecule has 9 heteroatoms. The van der Waals surface area contributed by atoms with Crippen molar-refractivity contribution < 1.29 is 19.0 Å². The molecule has 1 heterocycles. The van der Waals surface area contributed by atoms with Gasteiger partial charge in [-0.3, -0.25) is 4.79 Å². The van der Waals surface area contributed by atoms with Crippen LogP contribution in [-0.2, 0) is 9.53 Å². The molecule has 3 aromatic carbocycles. The summed E-state index contributed by atoms with van der Waals surface area (Å²) in [5, 5.41) is 5.06. The van der Waals surface area contributed by atoms with E-state index in [0.29, 0.717) is 22.5 Å². The summed E-state index contributed by atoms with van der Waals surface area (Å²) in [7, 11) is 2.97. The molecule has 8 nitrogen and oxygen atoms in total. The van der Waals surface area contributed by atoms with Crippen LogP contribution in [0.4, 0.5) is 0 Å². The Morgan fingerprint density at radius 3 is 2.55 bits per heavy atom. The number of nitrogens with zero attached hydrogens (tertiary/aromatic N) is 3. The van der Waals surface area contributed by atoms with Gasteiger partial charge in [0.05, 0.1) is 34.9 Å². The SMILES string of the molecule is COC(=O)COc1ccc(C=Nn2c(-c3cc(C(C)C)c(OC)cc3C)nc3ccccc3c2=O)cc1I. The number of para-hydroxylation sites is 1. The molecule has 0 unspecified atom stereocenters. The number of hydrogen-bond acceptors (Lipinski definition) is 7. The smallest absolute Gasteiger partial charge is 0.343 e. The fraction of sp³-hybridized carbons (Fsp3) is 0.241. The van der Waals surface area contributed by atoms with Crippen molar-refractivity contribution in [2.45, 2.75) is 26.7 Å². The van der Waals surface area contributed by atoms with Gasteiger partial charge in [0.15, 0.2) is 12.4 Å². The average molecular weight is 625 g/mol. The molecular weight excluding hydrogens is 597 g/mol. The Kier molecular flexibility index (Phi) is 8.45. The molecule has 0 aliphatic rings. The van der Waals surface area contributed by atoms with E-state index in [9.17, 15) is 9.59 Å². The Bertz CT molecular complexity index is 1590. The van der Waals surface area contributed by atoms with E-state index in [-0.39, 0.29) is 18.1 Å². The van der Waals surface area contributed by atoms with Crippen LogP contribution in [0.15, 0.2) is 64.5 Å². The molecule has 0 amide bonds. The zero-order valence-electron chi connectivity index (χ0n) is 21.8. The van der Waals surface area contributed by atoms with Gasteiger partial charge in [-0.05, 0) is 94.6 Å². The van der Waals surface area contributed by atoms with E-state index in [0.717, 1.165) is 31.6 Å². The van der Waals surface area contributed by atoms with Crippen molar-refractivity contribution in [1.82, 2.24) is 9.66 Å². The van der Waals surface area contributed by atoms with Crippen molar-refractivity contribution in [1.29, 1.82) is 0 Å². The number of aromatic nitrogens is 2. The van der Waals surface area contributed by atoms with Crippen LogP contribution in [0.1, 0.15) is 36.5 Å². The summed E-state index contributed by atoms with van der Waals surface area (Å²) in [6.07, 6.45) is 1.61. The van der Waals surface area contributed by atoms with E-state index >= 15 is 0 Å². The lowest BCUT2D eigenvalue weighted by Gasteiger charge is -2.17. The normalized spacial score (nSPS) is 11.3. The monoisotopic (exact) mass is 625 g/mol. The van der Waals surface area contributed by atoms with Gasteiger partial charge in [-0.1, -0.05) is 26.0 Å². The highest BCUT2D eigenvalue weighted by Crippen LogP contribution is 2.34. The van der Waals surface area contributed by atoms with Gasteiger partial charge in [-0.15, -0.1) is 0 Å². The van der Waals surface area contributed by atoms with Crippen LogP contribution in [0.2, 0.25) is 0 Å². The van der Waals surface area contributed by atoms with E-state index in [4.69, 9.17) is 14.5 Å². The molecule has 0 fully saturated rings. The number of rotatable bonds is 8. The molecule has 0 atom stereocenters. The Morgan fingerprint density at radius 1 is 1.11 bits per heavy atom. The minimum absolute atomic E-state index is 0.180. The minimum Gasteiger partial charge on any atom is -0.496 e. The summed E-state index contributed by atoms with van der Waals surface area (Å²) in [6, 6.07) is 16.6. The topological polar surface area (TPSA) is 92.0 Å². The molecule has 0 saturated carbocycles. The molecule has 0 aliphatic carbocycles. The number of ether oxygens (including phenoxy) is 3. The molecule has 4 aromatic rings. The highest BCUT2D eigenvalue weighted by atomic mass is 127.